The molecule has 0 saturated carbocycles. The molecule has 0 amide bonds. The van der Waals surface area contributed by atoms with Crippen LogP contribution in [0.25, 0.3) is 0 Å². The van der Waals surface area contributed by atoms with E-state index < -0.39 is 0 Å². The van der Waals surface area contributed by atoms with Gasteiger partial charge in [0.1, 0.15) is 0 Å². The molecule has 0 aliphatic carbocycles. The number of rotatable bonds is 4. The van der Waals surface area contributed by atoms with Crippen molar-refractivity contribution in [3.8, 4) is 0 Å². The first-order valence-corrected chi connectivity index (χ1v) is 9.38. The fraction of sp³-hybridized carbons (Fsp3) is 0.421. The van der Waals surface area contributed by atoms with Crippen LogP contribution in [0.2, 0.25) is 0 Å². The van der Waals surface area contributed by atoms with Crippen LogP contribution in [0.3, 0.4) is 0 Å². The van der Waals surface area contributed by atoms with Gasteiger partial charge in [0.2, 0.25) is 0 Å². The third kappa shape index (κ3) is 4.16. The molecule has 4 nitrogen and oxygen atoms in total. The summed E-state index contributed by atoms with van der Waals surface area (Å²) < 4.78 is 0. The zero-order valence-electron chi connectivity index (χ0n) is 14.4. The van der Waals surface area contributed by atoms with Crippen LogP contribution in [-0.4, -0.2) is 31.0 Å². The summed E-state index contributed by atoms with van der Waals surface area (Å²) in [5.74, 6) is 1.01. The number of nitrogens with one attached hydrogen (secondary N) is 1. The summed E-state index contributed by atoms with van der Waals surface area (Å²) in [6, 6.07) is 13.0. The summed E-state index contributed by atoms with van der Waals surface area (Å²) in [7, 11) is 2.22. The number of nitrogens with two attached hydrogens (primary N) is 1. The maximum absolute atomic E-state index is 6.10. The van der Waals surface area contributed by atoms with Crippen LogP contribution in [-0.2, 0) is 0 Å². The predicted molar refractivity (Wildman–Crippen MR) is 104 cm³/mol. The van der Waals surface area contributed by atoms with Crippen molar-refractivity contribution in [2.24, 2.45) is 16.6 Å². The number of nitrogens with zero attached hydrogens (tertiary/aromatic N) is 2. The van der Waals surface area contributed by atoms with Gasteiger partial charge in [0.05, 0.1) is 0 Å². The molecule has 5 heteroatoms. The lowest BCUT2D eigenvalue weighted by Crippen LogP contribution is -2.37. The maximum Gasteiger partial charge on any atom is 0.193 e. The SMILES string of the molecule is Cc1cccc(NC(N)=NCC2CCCN(C)C2c2cccs2)c1. The van der Waals surface area contributed by atoms with E-state index in [0.717, 1.165) is 18.8 Å². The number of thiophene rings is 1. The normalized spacial score (nSPS) is 22.5. The van der Waals surface area contributed by atoms with Gasteiger partial charge in [-0.1, -0.05) is 18.2 Å². The molecule has 2 heterocycles. The second-order valence-corrected chi connectivity index (χ2v) is 7.54. The highest BCUT2D eigenvalue weighted by Gasteiger charge is 2.30. The first-order chi connectivity index (χ1) is 11.6. The van der Waals surface area contributed by atoms with Crippen LogP contribution in [0.4, 0.5) is 5.69 Å². The molecule has 0 spiro atoms. The van der Waals surface area contributed by atoms with Crippen molar-refractivity contribution in [1.82, 2.24) is 4.90 Å². The molecule has 3 rings (SSSR count). The van der Waals surface area contributed by atoms with Gasteiger partial charge in [-0.3, -0.25) is 9.89 Å². The predicted octanol–water partition coefficient (Wildman–Crippen LogP) is 3.87. The Morgan fingerprint density at radius 2 is 2.25 bits per heavy atom. The summed E-state index contributed by atoms with van der Waals surface area (Å²) in [6.45, 7) is 3.99. The molecule has 0 radical (unpaired) electrons. The Labute approximate surface area is 148 Å². The zero-order valence-corrected chi connectivity index (χ0v) is 15.2. The van der Waals surface area contributed by atoms with Crippen LogP contribution < -0.4 is 11.1 Å². The minimum atomic E-state index is 0.453. The Morgan fingerprint density at radius 3 is 3.00 bits per heavy atom. The number of hydrogen-bond donors (Lipinski definition) is 2. The highest BCUT2D eigenvalue weighted by Crippen LogP contribution is 2.37. The third-order valence-electron chi connectivity index (χ3n) is 4.63. The summed E-state index contributed by atoms with van der Waals surface area (Å²) >= 11 is 1.84. The number of likely N-dealkylation sites (tertiary alicyclic amines) is 1. The quantitative estimate of drug-likeness (QED) is 0.655. The molecule has 2 unspecified atom stereocenters. The number of anilines is 1. The Balaban J connectivity index is 1.67. The van der Waals surface area contributed by atoms with Gasteiger partial charge in [-0.15, -0.1) is 11.3 Å². The number of piperidine rings is 1. The minimum absolute atomic E-state index is 0.453. The van der Waals surface area contributed by atoms with Crippen LogP contribution in [0.5, 0.6) is 0 Å². The van der Waals surface area contributed by atoms with E-state index in [9.17, 15) is 0 Å². The van der Waals surface area contributed by atoms with Crippen LogP contribution in [0.15, 0.2) is 46.8 Å². The number of hydrogen-bond acceptors (Lipinski definition) is 3. The lowest BCUT2D eigenvalue weighted by Gasteiger charge is -2.38. The van der Waals surface area contributed by atoms with E-state index in [1.54, 1.807) is 0 Å². The van der Waals surface area contributed by atoms with Gasteiger partial charge in [-0.25, -0.2) is 0 Å². The van der Waals surface area contributed by atoms with Gasteiger partial charge in [0, 0.05) is 23.2 Å². The number of aliphatic imine (C=N–C) groups is 1. The molecule has 1 fully saturated rings. The third-order valence-corrected chi connectivity index (χ3v) is 5.57. The molecule has 1 aliphatic heterocycles. The lowest BCUT2D eigenvalue weighted by atomic mass is 9.88. The van der Waals surface area contributed by atoms with E-state index in [2.05, 4.69) is 58.8 Å². The molecule has 2 aromatic rings. The van der Waals surface area contributed by atoms with Crippen molar-refractivity contribution < 1.29 is 0 Å². The van der Waals surface area contributed by atoms with Crippen LogP contribution in [0.1, 0.15) is 29.3 Å². The topological polar surface area (TPSA) is 53.6 Å². The van der Waals surface area contributed by atoms with E-state index in [4.69, 9.17) is 5.73 Å². The van der Waals surface area contributed by atoms with E-state index in [1.165, 1.54) is 23.3 Å². The fourth-order valence-electron chi connectivity index (χ4n) is 3.49. The maximum atomic E-state index is 6.10. The number of benzene rings is 1. The number of guanidine groups is 1. The Kier molecular flexibility index (Phi) is 5.53. The minimum Gasteiger partial charge on any atom is -0.370 e. The average Bonchev–Trinajstić information content (AvgIpc) is 3.07. The summed E-state index contributed by atoms with van der Waals surface area (Å²) in [6.07, 6.45) is 2.43. The first kappa shape index (κ1) is 17.0. The smallest absolute Gasteiger partial charge is 0.193 e. The van der Waals surface area contributed by atoms with Gasteiger partial charge in [-0.05, 0) is 68.4 Å². The van der Waals surface area contributed by atoms with Gasteiger partial charge in [0.25, 0.3) is 0 Å². The Bertz CT molecular complexity index is 680. The van der Waals surface area contributed by atoms with E-state index in [0.29, 0.717) is 17.9 Å². The molecule has 1 aromatic heterocycles. The second kappa shape index (κ2) is 7.81. The van der Waals surface area contributed by atoms with Crippen LogP contribution >= 0.6 is 11.3 Å². The highest BCUT2D eigenvalue weighted by molar-refractivity contribution is 7.10. The van der Waals surface area contributed by atoms with Gasteiger partial charge < -0.3 is 11.1 Å². The average molecular weight is 343 g/mol. The summed E-state index contributed by atoms with van der Waals surface area (Å²) in [5.41, 5.74) is 8.30. The standard InChI is InChI=1S/C19H26N4S/c1-14-6-3-8-16(12-14)22-19(20)21-13-15-7-4-10-23(2)18(15)17-9-5-11-24-17/h3,5-6,8-9,11-12,15,18H,4,7,10,13H2,1-2H3,(H3,20,21,22). The van der Waals surface area contributed by atoms with Crippen molar-refractivity contribution in [3.63, 3.8) is 0 Å². The fourth-order valence-corrected chi connectivity index (χ4v) is 4.47. The van der Waals surface area contributed by atoms with Crippen molar-refractivity contribution in [3.05, 3.63) is 52.2 Å². The van der Waals surface area contributed by atoms with Crippen LogP contribution in [0, 0.1) is 12.8 Å². The summed E-state index contributed by atoms with van der Waals surface area (Å²) in [5, 5.41) is 5.36. The molecular weight excluding hydrogens is 316 g/mol. The lowest BCUT2D eigenvalue weighted by molar-refractivity contribution is 0.128. The highest BCUT2D eigenvalue weighted by atomic mass is 32.1. The molecule has 0 bridgehead atoms. The molecular formula is C19H26N4S. The Morgan fingerprint density at radius 1 is 1.38 bits per heavy atom. The molecule has 3 N–H and O–H groups in total. The van der Waals surface area contributed by atoms with Crippen molar-refractivity contribution in [2.45, 2.75) is 25.8 Å². The Hall–Kier alpha value is -1.85. The second-order valence-electron chi connectivity index (χ2n) is 6.56. The molecule has 2 atom stereocenters. The molecule has 1 saturated heterocycles. The van der Waals surface area contributed by atoms with E-state index in [1.807, 2.05) is 23.5 Å². The van der Waals surface area contributed by atoms with E-state index >= 15 is 0 Å². The molecule has 128 valence electrons. The number of aryl methyl sites for hydroxylation is 1. The largest absolute Gasteiger partial charge is 0.370 e. The van der Waals surface area contributed by atoms with Gasteiger partial charge >= 0.3 is 0 Å². The monoisotopic (exact) mass is 342 g/mol. The van der Waals surface area contributed by atoms with Crippen molar-refractivity contribution >= 4 is 23.0 Å². The van der Waals surface area contributed by atoms with Crippen molar-refractivity contribution in [2.75, 3.05) is 25.5 Å². The summed E-state index contributed by atoms with van der Waals surface area (Å²) in [4.78, 5) is 8.52. The van der Waals surface area contributed by atoms with Gasteiger partial charge in [0.15, 0.2) is 5.96 Å². The van der Waals surface area contributed by atoms with Gasteiger partial charge in [-0.2, -0.15) is 0 Å². The van der Waals surface area contributed by atoms with Crippen molar-refractivity contribution in [1.29, 1.82) is 0 Å². The molecule has 24 heavy (non-hydrogen) atoms. The molecule has 1 aromatic carbocycles. The van der Waals surface area contributed by atoms with E-state index in [-0.39, 0.29) is 0 Å². The zero-order chi connectivity index (χ0) is 16.9. The first-order valence-electron chi connectivity index (χ1n) is 8.51. The molecule has 1 aliphatic rings.